The summed E-state index contributed by atoms with van der Waals surface area (Å²) in [6, 6.07) is 0. The van der Waals surface area contributed by atoms with E-state index in [1.807, 2.05) is 0 Å². The number of carboxylic acids is 1. The van der Waals surface area contributed by atoms with Crippen LogP contribution >= 0.6 is 0 Å². The van der Waals surface area contributed by atoms with Gasteiger partial charge in [-0.1, -0.05) is 0 Å². The molecule has 5 nitrogen and oxygen atoms in total. The number of nitrogens with one attached hydrogen (secondary N) is 1. The van der Waals surface area contributed by atoms with Gasteiger partial charge in [0.1, 0.15) is 0 Å². The molecule has 1 aliphatic heterocycles. The number of hydrogen-bond donors (Lipinski definition) is 2. The van der Waals surface area contributed by atoms with Crippen LogP contribution in [0.1, 0.15) is 13.3 Å². The van der Waals surface area contributed by atoms with Crippen molar-refractivity contribution in [3.8, 4) is 0 Å². The highest BCUT2D eigenvalue weighted by Gasteiger charge is 2.37. The van der Waals surface area contributed by atoms with Gasteiger partial charge >= 0.3 is 5.97 Å². The van der Waals surface area contributed by atoms with Crippen molar-refractivity contribution >= 4 is 15.8 Å². The second-order valence-corrected chi connectivity index (χ2v) is 5.90. The van der Waals surface area contributed by atoms with E-state index in [4.69, 9.17) is 5.11 Å². The molecule has 0 aromatic heterocycles. The zero-order chi connectivity index (χ0) is 10.8. The van der Waals surface area contributed by atoms with Crippen molar-refractivity contribution in [1.29, 1.82) is 0 Å². The van der Waals surface area contributed by atoms with E-state index in [0.29, 0.717) is 6.42 Å². The highest BCUT2D eigenvalue weighted by molar-refractivity contribution is 7.91. The highest BCUT2D eigenvalue weighted by Crippen LogP contribution is 2.22. The summed E-state index contributed by atoms with van der Waals surface area (Å²) in [4.78, 5) is 10.2. The Morgan fingerprint density at radius 2 is 2.21 bits per heavy atom. The monoisotopic (exact) mass is 219 g/mol. The van der Waals surface area contributed by atoms with Crippen LogP contribution in [0.4, 0.5) is 0 Å². The summed E-state index contributed by atoms with van der Waals surface area (Å²) in [5, 5.41) is 11.1. The van der Waals surface area contributed by atoms with Crippen molar-refractivity contribution in [3.05, 3.63) is 12.3 Å². The average Bonchev–Trinajstić information content (AvgIpc) is 2.25. The van der Waals surface area contributed by atoms with E-state index in [1.54, 1.807) is 6.92 Å². The van der Waals surface area contributed by atoms with Crippen molar-refractivity contribution in [1.82, 2.24) is 5.32 Å². The van der Waals surface area contributed by atoms with E-state index >= 15 is 0 Å². The Morgan fingerprint density at radius 3 is 2.64 bits per heavy atom. The van der Waals surface area contributed by atoms with Gasteiger partial charge in [0, 0.05) is 17.8 Å². The lowest BCUT2D eigenvalue weighted by molar-refractivity contribution is -0.131. The van der Waals surface area contributed by atoms with Crippen LogP contribution in [-0.2, 0) is 14.6 Å². The smallest absolute Gasteiger partial charge is 0.329 e. The van der Waals surface area contributed by atoms with Gasteiger partial charge in [-0.15, -0.1) is 0 Å². The molecule has 1 rings (SSSR count). The molecule has 1 aliphatic rings. The van der Waals surface area contributed by atoms with Crippen LogP contribution in [0.3, 0.4) is 0 Å². The third kappa shape index (κ3) is 3.02. The van der Waals surface area contributed by atoms with Crippen LogP contribution in [-0.4, -0.2) is 36.5 Å². The number of aliphatic carboxylic acids is 1. The zero-order valence-corrected chi connectivity index (χ0v) is 8.67. The van der Waals surface area contributed by atoms with E-state index in [2.05, 4.69) is 5.32 Å². The molecular formula is C8H13NO4S. The number of sulfone groups is 1. The zero-order valence-electron chi connectivity index (χ0n) is 7.86. The first-order valence-electron chi connectivity index (χ1n) is 4.21. The Labute approximate surface area is 82.7 Å². The lowest BCUT2D eigenvalue weighted by Gasteiger charge is -2.22. The number of hydrogen-bond acceptors (Lipinski definition) is 4. The lowest BCUT2D eigenvalue weighted by atomic mass is 10.0. The maximum atomic E-state index is 11.2. The van der Waals surface area contributed by atoms with Crippen LogP contribution in [0.25, 0.3) is 0 Å². The molecule has 0 aromatic carbocycles. The largest absolute Gasteiger partial charge is 0.478 e. The molecule has 1 fully saturated rings. The van der Waals surface area contributed by atoms with Gasteiger partial charge in [0.25, 0.3) is 0 Å². The summed E-state index contributed by atoms with van der Waals surface area (Å²) in [5.41, 5.74) is -0.523. The van der Waals surface area contributed by atoms with Crippen LogP contribution in [0.2, 0.25) is 0 Å². The topological polar surface area (TPSA) is 83.5 Å². The molecule has 1 atom stereocenters. The normalized spacial score (nSPS) is 30.6. The van der Waals surface area contributed by atoms with Gasteiger partial charge in [-0.2, -0.15) is 0 Å². The predicted octanol–water partition coefficient (Wildman–Crippen LogP) is -0.249. The van der Waals surface area contributed by atoms with Gasteiger partial charge in [0.2, 0.25) is 0 Å². The molecular weight excluding hydrogens is 206 g/mol. The predicted molar refractivity (Wildman–Crippen MR) is 51.6 cm³/mol. The maximum Gasteiger partial charge on any atom is 0.329 e. The molecule has 1 saturated heterocycles. The molecule has 0 spiro atoms. The van der Waals surface area contributed by atoms with Gasteiger partial charge in [-0.3, -0.25) is 0 Å². The Balaban J connectivity index is 2.58. The van der Waals surface area contributed by atoms with Gasteiger partial charge in [-0.25, -0.2) is 13.2 Å². The van der Waals surface area contributed by atoms with E-state index in [0.717, 1.165) is 6.08 Å². The molecule has 80 valence electrons. The summed E-state index contributed by atoms with van der Waals surface area (Å²) in [6.07, 6.45) is 2.75. The summed E-state index contributed by atoms with van der Waals surface area (Å²) >= 11 is 0. The minimum Gasteiger partial charge on any atom is -0.478 e. The van der Waals surface area contributed by atoms with Crippen molar-refractivity contribution in [2.24, 2.45) is 0 Å². The van der Waals surface area contributed by atoms with Gasteiger partial charge in [0.05, 0.1) is 11.5 Å². The third-order valence-electron chi connectivity index (χ3n) is 2.16. The van der Waals surface area contributed by atoms with Crippen LogP contribution in [0, 0.1) is 0 Å². The van der Waals surface area contributed by atoms with Crippen molar-refractivity contribution in [3.63, 3.8) is 0 Å². The summed E-state index contributed by atoms with van der Waals surface area (Å²) in [7, 11) is -2.95. The minimum absolute atomic E-state index is 0.0595. The molecule has 0 aliphatic carbocycles. The van der Waals surface area contributed by atoms with Crippen molar-refractivity contribution < 1.29 is 18.3 Å². The van der Waals surface area contributed by atoms with Crippen molar-refractivity contribution in [2.75, 3.05) is 11.5 Å². The second-order valence-electron chi connectivity index (χ2n) is 3.72. The highest BCUT2D eigenvalue weighted by atomic mass is 32.2. The minimum atomic E-state index is -2.95. The van der Waals surface area contributed by atoms with Crippen LogP contribution < -0.4 is 5.32 Å². The first-order chi connectivity index (χ1) is 6.33. The fourth-order valence-electron chi connectivity index (χ4n) is 1.44. The summed E-state index contributed by atoms with van der Waals surface area (Å²) < 4.78 is 22.3. The SMILES string of the molecule is CC1(N/C=C/C(=O)O)CCS(=O)(=O)C1. The van der Waals surface area contributed by atoms with Gasteiger partial charge < -0.3 is 10.4 Å². The van der Waals surface area contributed by atoms with Gasteiger partial charge in [-0.05, 0) is 13.3 Å². The van der Waals surface area contributed by atoms with E-state index in [-0.39, 0.29) is 11.5 Å². The summed E-state index contributed by atoms with van der Waals surface area (Å²) in [5.74, 6) is -0.830. The first-order valence-corrected chi connectivity index (χ1v) is 6.03. The molecule has 1 unspecified atom stereocenters. The van der Waals surface area contributed by atoms with E-state index in [1.165, 1.54) is 6.20 Å². The Morgan fingerprint density at radius 1 is 1.57 bits per heavy atom. The Hall–Kier alpha value is -1.04. The molecule has 0 amide bonds. The molecule has 0 bridgehead atoms. The number of carboxylic acid groups (broad SMARTS) is 1. The van der Waals surface area contributed by atoms with Crippen LogP contribution in [0.5, 0.6) is 0 Å². The number of carbonyl (C=O) groups is 1. The summed E-state index contributed by atoms with van der Waals surface area (Å²) in [6.45, 7) is 1.77. The molecule has 0 aromatic rings. The Kier molecular flexibility index (Phi) is 2.84. The molecule has 1 heterocycles. The lowest BCUT2D eigenvalue weighted by Crippen LogP contribution is -2.40. The quantitative estimate of drug-likeness (QED) is 0.640. The first kappa shape index (κ1) is 11.0. The molecule has 0 saturated carbocycles. The fourth-order valence-corrected chi connectivity index (χ4v) is 3.54. The molecule has 6 heteroatoms. The molecule has 0 radical (unpaired) electrons. The van der Waals surface area contributed by atoms with Crippen LogP contribution in [0.15, 0.2) is 12.3 Å². The fraction of sp³-hybridized carbons (Fsp3) is 0.625. The second kappa shape index (κ2) is 3.61. The standard InChI is InChI=1S/C8H13NO4S/c1-8(9-4-2-7(10)11)3-5-14(12,13)6-8/h2,4,9H,3,5-6H2,1H3,(H,10,11)/b4-2+. The molecule has 14 heavy (non-hydrogen) atoms. The van der Waals surface area contributed by atoms with Crippen molar-refractivity contribution in [2.45, 2.75) is 18.9 Å². The van der Waals surface area contributed by atoms with Gasteiger partial charge in [0.15, 0.2) is 9.84 Å². The van der Waals surface area contributed by atoms with E-state index < -0.39 is 21.3 Å². The third-order valence-corrected chi connectivity index (χ3v) is 4.06. The maximum absolute atomic E-state index is 11.2. The number of rotatable bonds is 3. The van der Waals surface area contributed by atoms with E-state index in [9.17, 15) is 13.2 Å². The average molecular weight is 219 g/mol. The molecule has 2 N–H and O–H groups in total. The Bertz CT molecular complexity index is 360.